The van der Waals surface area contributed by atoms with E-state index in [1.165, 1.54) is 17.0 Å². The second kappa shape index (κ2) is 15.6. The van der Waals surface area contributed by atoms with Gasteiger partial charge >= 0.3 is 0 Å². The van der Waals surface area contributed by atoms with E-state index in [9.17, 15) is 24.0 Å². The van der Waals surface area contributed by atoms with Crippen LogP contribution in [0.5, 0.6) is 5.75 Å². The highest BCUT2D eigenvalue weighted by Gasteiger charge is 2.45. The largest absolute Gasteiger partial charge is 0.488 e. The second-order valence-electron chi connectivity index (χ2n) is 18.1. The van der Waals surface area contributed by atoms with Crippen LogP contribution in [0.4, 0.5) is 11.4 Å². The molecule has 5 fully saturated rings. The van der Waals surface area contributed by atoms with Gasteiger partial charge in [0.25, 0.3) is 11.8 Å². The first-order valence-electron chi connectivity index (χ1n) is 22.0. The summed E-state index contributed by atoms with van der Waals surface area (Å²) in [5.74, 6) is 0.963. The highest BCUT2D eigenvalue weighted by atomic mass is 16.5. The van der Waals surface area contributed by atoms with Gasteiger partial charge in [0.15, 0.2) is 0 Å². The number of piperidine rings is 3. The van der Waals surface area contributed by atoms with Gasteiger partial charge in [0, 0.05) is 89.0 Å². The summed E-state index contributed by atoms with van der Waals surface area (Å²) in [6.45, 7) is 10.8. The van der Waals surface area contributed by atoms with Gasteiger partial charge in [-0.2, -0.15) is 0 Å². The number of amides is 5. The number of nitrogens with zero attached hydrogens (tertiary/aromatic N) is 5. The summed E-state index contributed by atoms with van der Waals surface area (Å²) >= 11 is 0. The number of hydrazine groups is 1. The van der Waals surface area contributed by atoms with E-state index in [1.54, 1.807) is 12.1 Å². The molecule has 10 rings (SSSR count). The molecule has 2 aromatic carbocycles. The number of benzene rings is 2. The van der Waals surface area contributed by atoms with E-state index in [0.29, 0.717) is 19.0 Å². The number of dihydropyridines is 1. The Morgan fingerprint density at radius 1 is 0.833 bits per heavy atom. The topological polar surface area (TPSA) is 159 Å². The van der Waals surface area contributed by atoms with Gasteiger partial charge in [0.05, 0.1) is 22.9 Å². The SMILES string of the molecule is CC1(Oc2ccc3c(c2)C(C2=CCNC(N4CCC(CN5CCN(C(=O)C6CCN(c7ccc8c(c7)C(=O)N(C7CCC(=O)NC7=O)C8=O)CC6)CC5)CC4)=C2)NN3)CC1. The summed E-state index contributed by atoms with van der Waals surface area (Å²) in [7, 11) is 0. The van der Waals surface area contributed by atoms with Crippen LogP contribution >= 0.6 is 0 Å². The molecule has 7 aliphatic heterocycles. The Morgan fingerprint density at radius 3 is 2.33 bits per heavy atom. The Hall–Kier alpha value is -5.41. The Bertz CT molecular complexity index is 2160. The first-order valence-corrected chi connectivity index (χ1v) is 22.0. The summed E-state index contributed by atoms with van der Waals surface area (Å²) in [6.07, 6.45) is 10.8. The molecule has 4 saturated heterocycles. The predicted molar refractivity (Wildman–Crippen MR) is 224 cm³/mol. The fraction of sp³-hybridized carbons (Fsp3) is 0.533. The summed E-state index contributed by atoms with van der Waals surface area (Å²) in [5, 5.41) is 5.88. The minimum Gasteiger partial charge on any atom is -0.488 e. The van der Waals surface area contributed by atoms with Gasteiger partial charge in [-0.25, -0.2) is 5.43 Å². The summed E-state index contributed by atoms with van der Waals surface area (Å²) in [4.78, 5) is 74.6. The number of piperazine rings is 1. The van der Waals surface area contributed by atoms with Crippen LogP contribution in [-0.4, -0.2) is 126 Å². The van der Waals surface area contributed by atoms with Crippen molar-refractivity contribution in [2.45, 2.75) is 76.0 Å². The zero-order chi connectivity index (χ0) is 41.1. The smallest absolute Gasteiger partial charge is 0.262 e. The Balaban J connectivity index is 0.667. The number of ether oxygens (including phenoxy) is 1. The molecular weight excluding hydrogens is 763 g/mol. The average Bonchev–Trinajstić information content (AvgIpc) is 3.75. The van der Waals surface area contributed by atoms with E-state index >= 15 is 0 Å². The van der Waals surface area contributed by atoms with Crippen LogP contribution < -0.4 is 31.1 Å². The van der Waals surface area contributed by atoms with Crippen LogP contribution in [0.15, 0.2) is 59.9 Å². The van der Waals surface area contributed by atoms with Crippen LogP contribution in [0, 0.1) is 11.8 Å². The van der Waals surface area contributed by atoms with Gasteiger partial charge in [-0.15, -0.1) is 0 Å². The van der Waals surface area contributed by atoms with Crippen molar-refractivity contribution >= 4 is 40.9 Å². The molecule has 2 aromatic rings. The summed E-state index contributed by atoms with van der Waals surface area (Å²) < 4.78 is 6.28. The van der Waals surface area contributed by atoms with E-state index in [4.69, 9.17) is 4.74 Å². The molecule has 2 unspecified atom stereocenters. The van der Waals surface area contributed by atoms with E-state index in [-0.39, 0.29) is 47.4 Å². The molecule has 60 heavy (non-hydrogen) atoms. The quantitative estimate of drug-likeness (QED) is 0.275. The molecule has 0 aromatic heterocycles. The van der Waals surface area contributed by atoms with Crippen molar-refractivity contribution in [2.75, 3.05) is 75.8 Å². The molecule has 8 aliphatic rings. The second-order valence-corrected chi connectivity index (χ2v) is 18.1. The lowest BCUT2D eigenvalue weighted by atomic mass is 9.93. The maximum Gasteiger partial charge on any atom is 0.262 e. The molecule has 0 spiro atoms. The Kier molecular flexibility index (Phi) is 10.1. The van der Waals surface area contributed by atoms with Gasteiger partial charge in [0.1, 0.15) is 23.2 Å². The highest BCUT2D eigenvalue weighted by molar-refractivity contribution is 6.23. The minimum absolute atomic E-state index is 0.0105. The highest BCUT2D eigenvalue weighted by Crippen LogP contribution is 2.43. The number of imide groups is 2. The molecule has 0 bridgehead atoms. The minimum atomic E-state index is -0.988. The number of carbonyl (C=O) groups excluding carboxylic acids is 5. The number of hydrogen-bond acceptors (Lipinski definition) is 12. The van der Waals surface area contributed by atoms with Crippen molar-refractivity contribution in [1.82, 2.24) is 35.7 Å². The lowest BCUT2D eigenvalue weighted by Crippen LogP contribution is -2.54. The zero-order valence-corrected chi connectivity index (χ0v) is 34.3. The Morgan fingerprint density at radius 2 is 1.58 bits per heavy atom. The monoisotopic (exact) mass is 817 g/mol. The lowest BCUT2D eigenvalue weighted by Gasteiger charge is -2.41. The van der Waals surface area contributed by atoms with Crippen LogP contribution in [0.25, 0.3) is 0 Å². The molecule has 2 atom stereocenters. The number of rotatable bonds is 9. The van der Waals surface area contributed by atoms with Gasteiger partial charge in [-0.1, -0.05) is 6.08 Å². The molecule has 5 amide bonds. The average molecular weight is 818 g/mol. The molecule has 7 heterocycles. The van der Waals surface area contributed by atoms with Crippen LogP contribution in [-0.2, 0) is 14.4 Å². The molecule has 1 aliphatic carbocycles. The maximum atomic E-state index is 13.7. The van der Waals surface area contributed by atoms with Gasteiger partial charge in [-0.05, 0) is 106 Å². The van der Waals surface area contributed by atoms with Crippen molar-refractivity contribution in [1.29, 1.82) is 0 Å². The molecule has 316 valence electrons. The zero-order valence-electron chi connectivity index (χ0n) is 34.3. The number of nitrogens with one attached hydrogen (secondary N) is 4. The first kappa shape index (κ1) is 38.8. The van der Waals surface area contributed by atoms with Crippen LogP contribution in [0.2, 0.25) is 0 Å². The van der Waals surface area contributed by atoms with Crippen LogP contribution in [0.1, 0.15) is 90.6 Å². The number of likely N-dealkylation sites (tertiary alicyclic amines) is 1. The fourth-order valence-electron chi connectivity index (χ4n) is 10.1. The summed E-state index contributed by atoms with van der Waals surface area (Å²) in [6, 6.07) is 10.7. The molecule has 4 N–H and O–H groups in total. The van der Waals surface area contributed by atoms with Gasteiger partial charge < -0.3 is 30.2 Å². The molecule has 1 saturated carbocycles. The standard InChI is InChI=1S/C45H55N9O6/c1-45(13-14-45)60-32-3-5-36-35(26-32)40(49-48-36)30-8-15-46-38(24-30)52-16-9-28(10-17-52)27-50-20-22-53(23-21-50)42(57)29-11-18-51(19-12-29)31-2-4-33-34(25-31)44(59)54(43(33)58)37-6-7-39(55)47-41(37)56/h2-5,8,24-26,28-29,37,40,46,48-49H,6-7,9-23,27H2,1H3,(H,47,55,56). The molecular formula is C45H55N9O6. The summed E-state index contributed by atoms with van der Waals surface area (Å²) in [5.41, 5.74) is 11.8. The van der Waals surface area contributed by atoms with E-state index in [1.807, 2.05) is 6.07 Å². The number of hydrogen-bond donors (Lipinski definition) is 4. The number of carbonyl (C=O) groups is 5. The third kappa shape index (κ3) is 7.50. The molecule has 15 heteroatoms. The van der Waals surface area contributed by atoms with Crippen molar-refractivity contribution in [3.05, 3.63) is 76.6 Å². The predicted octanol–water partition coefficient (Wildman–Crippen LogP) is 3.13. The van der Waals surface area contributed by atoms with Crippen molar-refractivity contribution in [3.8, 4) is 5.75 Å². The van der Waals surface area contributed by atoms with Crippen molar-refractivity contribution in [3.63, 3.8) is 0 Å². The fourth-order valence-corrected chi connectivity index (χ4v) is 10.1. The van der Waals surface area contributed by atoms with E-state index < -0.39 is 29.7 Å². The first-order chi connectivity index (χ1) is 29.1. The molecule has 0 radical (unpaired) electrons. The third-order valence-corrected chi connectivity index (χ3v) is 14.0. The number of fused-ring (bicyclic) bond motifs is 2. The van der Waals surface area contributed by atoms with Crippen molar-refractivity contribution < 1.29 is 28.7 Å². The lowest BCUT2D eigenvalue weighted by molar-refractivity contribution is -0.138. The third-order valence-electron chi connectivity index (χ3n) is 14.0. The van der Waals surface area contributed by atoms with E-state index in [0.717, 1.165) is 113 Å². The normalized spacial score (nSPS) is 25.9. The number of anilines is 2. The van der Waals surface area contributed by atoms with Gasteiger partial charge in [0.2, 0.25) is 17.7 Å². The maximum absolute atomic E-state index is 13.7. The van der Waals surface area contributed by atoms with Crippen molar-refractivity contribution in [2.24, 2.45) is 11.8 Å². The van der Waals surface area contributed by atoms with Crippen LogP contribution in [0.3, 0.4) is 0 Å². The Labute approximate surface area is 350 Å². The van der Waals surface area contributed by atoms with E-state index in [2.05, 4.69) is 78.4 Å². The molecule has 15 nitrogen and oxygen atoms in total. The van der Waals surface area contributed by atoms with Gasteiger partial charge in [-0.3, -0.25) is 39.1 Å².